The predicted molar refractivity (Wildman–Crippen MR) is 58.2 cm³/mol. The van der Waals surface area contributed by atoms with E-state index >= 15 is 0 Å². The Morgan fingerprint density at radius 1 is 1.29 bits per heavy atom. The van der Waals surface area contributed by atoms with Gasteiger partial charge in [-0.05, 0) is 19.3 Å². The van der Waals surface area contributed by atoms with Crippen molar-refractivity contribution in [2.45, 2.75) is 46.1 Å². The van der Waals surface area contributed by atoms with Crippen LogP contribution in [0.1, 0.15) is 40.0 Å². The molecule has 1 N–H and O–H groups in total. The van der Waals surface area contributed by atoms with Gasteiger partial charge in [-0.15, -0.1) is 0 Å². The van der Waals surface area contributed by atoms with Crippen molar-refractivity contribution in [3.8, 4) is 0 Å². The third kappa shape index (κ3) is 8.05. The maximum absolute atomic E-state index is 11.1. The third-order valence-corrected chi connectivity index (χ3v) is 2.10. The molecule has 3 heteroatoms. The van der Waals surface area contributed by atoms with E-state index in [-0.39, 0.29) is 18.6 Å². The van der Waals surface area contributed by atoms with Crippen molar-refractivity contribution in [3.05, 3.63) is 0 Å². The first-order valence-corrected chi connectivity index (χ1v) is 5.34. The quantitative estimate of drug-likeness (QED) is 0.684. The van der Waals surface area contributed by atoms with E-state index in [4.69, 9.17) is 4.74 Å². The van der Waals surface area contributed by atoms with Crippen molar-refractivity contribution in [3.63, 3.8) is 0 Å². The minimum atomic E-state index is -0.0236. The van der Waals surface area contributed by atoms with Crippen LogP contribution in [0, 0.1) is 5.92 Å². The lowest BCUT2D eigenvalue weighted by molar-refractivity contribution is -0.125. The van der Waals surface area contributed by atoms with Crippen molar-refractivity contribution in [1.82, 2.24) is 5.32 Å². The highest BCUT2D eigenvalue weighted by Gasteiger charge is 2.06. The van der Waals surface area contributed by atoms with Crippen LogP contribution in [0.4, 0.5) is 0 Å². The molecule has 0 radical (unpaired) electrons. The molecule has 3 nitrogen and oxygen atoms in total. The molecule has 0 aliphatic heterocycles. The Morgan fingerprint density at radius 2 is 1.93 bits per heavy atom. The van der Waals surface area contributed by atoms with Gasteiger partial charge < -0.3 is 10.1 Å². The summed E-state index contributed by atoms with van der Waals surface area (Å²) in [5.41, 5.74) is 0. The summed E-state index contributed by atoms with van der Waals surface area (Å²) in [4.78, 5) is 11.1. The van der Waals surface area contributed by atoms with Gasteiger partial charge in [0.2, 0.25) is 5.91 Å². The zero-order valence-corrected chi connectivity index (χ0v) is 9.80. The lowest BCUT2D eigenvalue weighted by Gasteiger charge is -2.13. The second-order valence-electron chi connectivity index (χ2n) is 4.23. The van der Waals surface area contributed by atoms with Crippen molar-refractivity contribution in [2.24, 2.45) is 5.92 Å². The largest absolute Gasteiger partial charge is 0.375 e. The molecule has 1 atom stereocenters. The van der Waals surface area contributed by atoms with E-state index in [9.17, 15) is 4.79 Å². The number of carbonyl (C=O) groups excluding carboxylic acids is 1. The molecule has 0 bridgehead atoms. The summed E-state index contributed by atoms with van der Waals surface area (Å²) in [6.07, 6.45) is 3.45. The first kappa shape index (κ1) is 13.4. The Balaban J connectivity index is 3.44. The van der Waals surface area contributed by atoms with Gasteiger partial charge in [0.1, 0.15) is 6.61 Å². The van der Waals surface area contributed by atoms with E-state index < -0.39 is 0 Å². The van der Waals surface area contributed by atoms with E-state index in [0.29, 0.717) is 0 Å². The van der Waals surface area contributed by atoms with Gasteiger partial charge in [0.25, 0.3) is 0 Å². The van der Waals surface area contributed by atoms with Crippen LogP contribution in [0.5, 0.6) is 0 Å². The van der Waals surface area contributed by atoms with Crippen LogP contribution in [0.2, 0.25) is 0 Å². The smallest absolute Gasteiger partial charge is 0.246 e. The van der Waals surface area contributed by atoms with Gasteiger partial charge in [-0.1, -0.05) is 26.7 Å². The highest BCUT2D eigenvalue weighted by atomic mass is 16.5. The van der Waals surface area contributed by atoms with Gasteiger partial charge in [0.15, 0.2) is 0 Å². The fourth-order valence-corrected chi connectivity index (χ4v) is 1.35. The van der Waals surface area contributed by atoms with E-state index in [0.717, 1.165) is 12.3 Å². The minimum absolute atomic E-state index is 0.0236. The molecule has 14 heavy (non-hydrogen) atoms. The highest BCUT2D eigenvalue weighted by molar-refractivity contribution is 5.77. The monoisotopic (exact) mass is 201 g/mol. The van der Waals surface area contributed by atoms with Gasteiger partial charge in [0.05, 0.1) is 0 Å². The lowest BCUT2D eigenvalue weighted by Crippen LogP contribution is -2.34. The predicted octanol–water partition coefficient (Wildman–Crippen LogP) is 1.96. The zero-order valence-electron chi connectivity index (χ0n) is 9.80. The summed E-state index contributed by atoms with van der Waals surface area (Å²) >= 11 is 0. The molecule has 0 aromatic heterocycles. The molecule has 0 saturated carbocycles. The van der Waals surface area contributed by atoms with Crippen LogP contribution < -0.4 is 5.32 Å². The van der Waals surface area contributed by atoms with Gasteiger partial charge in [0, 0.05) is 13.2 Å². The maximum Gasteiger partial charge on any atom is 0.246 e. The van der Waals surface area contributed by atoms with Crippen LogP contribution >= 0.6 is 0 Å². The van der Waals surface area contributed by atoms with Gasteiger partial charge in [-0.3, -0.25) is 4.79 Å². The van der Waals surface area contributed by atoms with Crippen LogP contribution in [0.25, 0.3) is 0 Å². The molecule has 0 rings (SSSR count). The van der Waals surface area contributed by atoms with E-state index in [1.54, 1.807) is 0 Å². The Morgan fingerprint density at radius 3 is 2.43 bits per heavy atom. The molecule has 0 heterocycles. The Labute approximate surface area is 87.2 Å². The average Bonchev–Trinajstić information content (AvgIpc) is 2.03. The summed E-state index contributed by atoms with van der Waals surface area (Å²) in [7, 11) is 1.53. The molecule has 0 spiro atoms. The lowest BCUT2D eigenvalue weighted by atomic mass is 10.0. The molecule has 0 aromatic carbocycles. The molecule has 0 aliphatic rings. The number of amides is 1. The van der Waals surface area contributed by atoms with Crippen LogP contribution in [0.3, 0.4) is 0 Å². The second-order valence-corrected chi connectivity index (χ2v) is 4.23. The number of carbonyl (C=O) groups is 1. The molecule has 0 saturated heterocycles. The summed E-state index contributed by atoms with van der Waals surface area (Å²) in [5.74, 6) is 0.724. The Kier molecular flexibility index (Phi) is 7.48. The zero-order chi connectivity index (χ0) is 11.0. The summed E-state index contributed by atoms with van der Waals surface area (Å²) in [6.45, 7) is 6.63. The van der Waals surface area contributed by atoms with Gasteiger partial charge >= 0.3 is 0 Å². The number of ether oxygens (including phenoxy) is 1. The third-order valence-electron chi connectivity index (χ3n) is 2.10. The van der Waals surface area contributed by atoms with Crippen molar-refractivity contribution in [2.75, 3.05) is 13.7 Å². The van der Waals surface area contributed by atoms with Crippen molar-refractivity contribution >= 4 is 5.91 Å². The average molecular weight is 201 g/mol. The second kappa shape index (κ2) is 7.80. The Hall–Kier alpha value is -0.570. The topological polar surface area (TPSA) is 38.3 Å². The van der Waals surface area contributed by atoms with Gasteiger partial charge in [-0.2, -0.15) is 0 Å². The molecular weight excluding hydrogens is 178 g/mol. The molecule has 84 valence electrons. The standard InChI is InChI=1S/C11H23NO2/c1-9(2)6-5-7-10(3)12-11(13)8-14-4/h9-10H,5-8H2,1-4H3,(H,12,13). The first-order valence-electron chi connectivity index (χ1n) is 5.34. The number of methoxy groups -OCH3 is 1. The van der Waals surface area contributed by atoms with E-state index in [1.165, 1.54) is 20.0 Å². The number of rotatable bonds is 7. The fourth-order valence-electron chi connectivity index (χ4n) is 1.35. The van der Waals surface area contributed by atoms with Crippen LogP contribution in [0.15, 0.2) is 0 Å². The molecule has 1 unspecified atom stereocenters. The Bertz CT molecular complexity index is 157. The van der Waals surface area contributed by atoms with Crippen molar-refractivity contribution in [1.29, 1.82) is 0 Å². The number of hydrogen-bond donors (Lipinski definition) is 1. The van der Waals surface area contributed by atoms with Crippen LogP contribution in [-0.4, -0.2) is 25.7 Å². The van der Waals surface area contributed by atoms with Crippen molar-refractivity contribution < 1.29 is 9.53 Å². The van der Waals surface area contributed by atoms with Gasteiger partial charge in [-0.25, -0.2) is 0 Å². The highest BCUT2D eigenvalue weighted by Crippen LogP contribution is 2.07. The van der Waals surface area contributed by atoms with E-state index in [2.05, 4.69) is 19.2 Å². The minimum Gasteiger partial charge on any atom is -0.375 e. The number of hydrogen-bond acceptors (Lipinski definition) is 2. The molecule has 0 aromatic rings. The molecule has 0 aliphatic carbocycles. The number of nitrogens with one attached hydrogen (secondary N) is 1. The first-order chi connectivity index (χ1) is 6.56. The molecule has 1 amide bonds. The normalized spacial score (nSPS) is 12.9. The SMILES string of the molecule is COCC(=O)NC(C)CCCC(C)C. The molecular formula is C11H23NO2. The summed E-state index contributed by atoms with van der Waals surface area (Å²) < 4.78 is 4.74. The van der Waals surface area contributed by atoms with Crippen LogP contribution in [-0.2, 0) is 9.53 Å². The molecule has 0 fully saturated rings. The van der Waals surface area contributed by atoms with E-state index in [1.807, 2.05) is 6.92 Å². The summed E-state index contributed by atoms with van der Waals surface area (Å²) in [5, 5.41) is 2.89. The maximum atomic E-state index is 11.1. The fraction of sp³-hybridized carbons (Fsp3) is 0.909. The summed E-state index contributed by atoms with van der Waals surface area (Å²) in [6, 6.07) is 0.261.